The lowest BCUT2D eigenvalue weighted by molar-refractivity contribution is 0.148. The quantitative estimate of drug-likeness (QED) is 0.733. The highest BCUT2D eigenvalue weighted by Gasteiger charge is 2.17. The van der Waals surface area contributed by atoms with Gasteiger partial charge in [0.25, 0.3) is 0 Å². The number of hydrogen-bond donors (Lipinski definition) is 0. The van der Waals surface area contributed by atoms with Gasteiger partial charge in [0.2, 0.25) is 0 Å². The predicted molar refractivity (Wildman–Crippen MR) is 118 cm³/mol. The summed E-state index contributed by atoms with van der Waals surface area (Å²) in [4.78, 5) is 12.0. The largest absolute Gasteiger partial charge is 0.304 e. The molecule has 152 valence electrons. The summed E-state index contributed by atoms with van der Waals surface area (Å²) in [6.45, 7) is 13.6. The molecule has 0 N–H and O–H groups in total. The van der Waals surface area contributed by atoms with Crippen LogP contribution in [0.25, 0.3) is 0 Å². The summed E-state index contributed by atoms with van der Waals surface area (Å²) in [6, 6.07) is 11.4. The van der Waals surface area contributed by atoms with Crippen LogP contribution in [0.1, 0.15) is 34.9 Å². The highest BCUT2D eigenvalue weighted by atomic mass is 15.2. The van der Waals surface area contributed by atoms with Gasteiger partial charge in [-0.15, -0.1) is 0 Å². The molecule has 3 rings (SSSR count). The van der Waals surface area contributed by atoms with Crippen molar-refractivity contribution in [3.8, 4) is 0 Å². The van der Waals surface area contributed by atoms with Crippen LogP contribution in [0.2, 0.25) is 0 Å². The Morgan fingerprint density at radius 3 is 2.46 bits per heavy atom. The Kier molecular flexibility index (Phi) is 7.22. The summed E-state index contributed by atoms with van der Waals surface area (Å²) in [5, 5.41) is 0. The molecule has 2 aromatic rings. The molecule has 1 atom stereocenters. The first-order valence-electron chi connectivity index (χ1n) is 10.5. The fraction of sp³-hybridized carbons (Fsp3) is 0.542. The summed E-state index contributed by atoms with van der Waals surface area (Å²) in [5.74, 6) is 0. The SMILES string of the molecule is Cc1cc(CN2CCN(C)CC2)c(C)c(CN(C)[C@@H](C)Cc2ccccn2)c1. The van der Waals surface area contributed by atoms with Crippen LogP contribution in [-0.4, -0.2) is 66.0 Å². The molecule has 0 unspecified atom stereocenters. The average Bonchev–Trinajstić information content (AvgIpc) is 2.68. The van der Waals surface area contributed by atoms with Crippen molar-refractivity contribution in [2.75, 3.05) is 40.3 Å². The first-order chi connectivity index (χ1) is 13.4. The number of piperazine rings is 1. The average molecular weight is 381 g/mol. The minimum absolute atomic E-state index is 0.455. The van der Waals surface area contributed by atoms with Gasteiger partial charge >= 0.3 is 0 Å². The maximum atomic E-state index is 4.49. The molecular formula is C24H36N4. The fourth-order valence-corrected chi connectivity index (χ4v) is 3.99. The van der Waals surface area contributed by atoms with Crippen LogP contribution >= 0.6 is 0 Å². The Balaban J connectivity index is 1.66. The van der Waals surface area contributed by atoms with E-state index in [-0.39, 0.29) is 0 Å². The zero-order chi connectivity index (χ0) is 20.1. The van der Waals surface area contributed by atoms with Crippen molar-refractivity contribution in [1.82, 2.24) is 19.7 Å². The van der Waals surface area contributed by atoms with Gasteiger partial charge in [0.05, 0.1) is 0 Å². The normalized spacial score (nSPS) is 17.2. The monoisotopic (exact) mass is 380 g/mol. The van der Waals surface area contributed by atoms with E-state index in [1.807, 2.05) is 12.3 Å². The van der Waals surface area contributed by atoms with Crippen molar-refractivity contribution >= 4 is 0 Å². The second-order valence-electron chi connectivity index (χ2n) is 8.58. The van der Waals surface area contributed by atoms with Crippen molar-refractivity contribution < 1.29 is 0 Å². The van der Waals surface area contributed by atoms with E-state index in [0.29, 0.717) is 6.04 Å². The number of nitrogens with zero attached hydrogens (tertiary/aromatic N) is 4. The Hall–Kier alpha value is -1.75. The van der Waals surface area contributed by atoms with E-state index < -0.39 is 0 Å². The van der Waals surface area contributed by atoms with E-state index in [1.165, 1.54) is 54.1 Å². The number of rotatable bonds is 7. The first-order valence-corrected chi connectivity index (χ1v) is 10.5. The summed E-state index contributed by atoms with van der Waals surface area (Å²) in [6.07, 6.45) is 2.87. The predicted octanol–water partition coefficient (Wildman–Crippen LogP) is 3.51. The second-order valence-corrected chi connectivity index (χ2v) is 8.58. The number of aromatic nitrogens is 1. The Morgan fingerprint density at radius 1 is 1.07 bits per heavy atom. The number of aryl methyl sites for hydroxylation is 1. The minimum Gasteiger partial charge on any atom is -0.304 e. The van der Waals surface area contributed by atoms with Gasteiger partial charge in [0.1, 0.15) is 0 Å². The van der Waals surface area contributed by atoms with Crippen molar-refractivity contribution in [3.05, 3.63) is 64.5 Å². The molecule has 0 bridgehead atoms. The van der Waals surface area contributed by atoms with Crippen molar-refractivity contribution in [1.29, 1.82) is 0 Å². The zero-order valence-electron chi connectivity index (χ0n) is 18.3. The molecule has 4 nitrogen and oxygen atoms in total. The lowest BCUT2D eigenvalue weighted by Gasteiger charge is -2.33. The van der Waals surface area contributed by atoms with Gasteiger partial charge in [-0.2, -0.15) is 0 Å². The van der Waals surface area contributed by atoms with E-state index in [2.05, 4.69) is 78.8 Å². The number of benzene rings is 1. The zero-order valence-corrected chi connectivity index (χ0v) is 18.3. The summed E-state index contributed by atoms with van der Waals surface area (Å²) in [5.41, 5.74) is 6.94. The molecule has 1 aromatic carbocycles. The van der Waals surface area contributed by atoms with Gasteiger partial charge in [-0.05, 0) is 63.7 Å². The highest BCUT2D eigenvalue weighted by Crippen LogP contribution is 2.21. The molecule has 0 saturated carbocycles. The summed E-state index contributed by atoms with van der Waals surface area (Å²) in [7, 11) is 4.45. The number of pyridine rings is 1. The molecule has 0 radical (unpaired) electrons. The Morgan fingerprint density at radius 2 is 1.79 bits per heavy atom. The second kappa shape index (κ2) is 9.64. The maximum Gasteiger partial charge on any atom is 0.0419 e. The molecule has 0 amide bonds. The third-order valence-electron chi connectivity index (χ3n) is 6.16. The van der Waals surface area contributed by atoms with Crippen LogP contribution < -0.4 is 0 Å². The van der Waals surface area contributed by atoms with Gasteiger partial charge in [-0.3, -0.25) is 14.8 Å². The van der Waals surface area contributed by atoms with Gasteiger partial charge in [0.15, 0.2) is 0 Å². The Bertz CT molecular complexity index is 751. The van der Waals surface area contributed by atoms with Gasteiger partial charge in [-0.25, -0.2) is 0 Å². The summed E-state index contributed by atoms with van der Waals surface area (Å²) >= 11 is 0. The third-order valence-corrected chi connectivity index (χ3v) is 6.16. The molecule has 4 heteroatoms. The van der Waals surface area contributed by atoms with E-state index in [0.717, 1.165) is 19.5 Å². The number of likely N-dealkylation sites (N-methyl/N-ethyl adjacent to an activating group) is 2. The van der Waals surface area contributed by atoms with Crippen molar-refractivity contribution in [2.45, 2.75) is 46.3 Å². The number of hydrogen-bond acceptors (Lipinski definition) is 4. The van der Waals surface area contributed by atoms with Gasteiger partial charge in [0, 0.05) is 63.6 Å². The van der Waals surface area contributed by atoms with Gasteiger partial charge in [-0.1, -0.05) is 23.8 Å². The van der Waals surface area contributed by atoms with E-state index in [9.17, 15) is 0 Å². The van der Waals surface area contributed by atoms with E-state index >= 15 is 0 Å². The van der Waals surface area contributed by atoms with Crippen LogP contribution in [0.5, 0.6) is 0 Å². The Labute approximate surface area is 171 Å². The maximum absolute atomic E-state index is 4.49. The van der Waals surface area contributed by atoms with E-state index in [1.54, 1.807) is 0 Å². The molecule has 0 spiro atoms. The molecule has 1 fully saturated rings. The molecule has 2 heterocycles. The molecule has 1 saturated heterocycles. The molecule has 28 heavy (non-hydrogen) atoms. The lowest BCUT2D eigenvalue weighted by Crippen LogP contribution is -2.44. The standard InChI is InChI=1S/C24H36N4/c1-19-14-22(17-27(5)20(2)16-24-8-6-7-9-25-24)21(3)23(15-19)18-28-12-10-26(4)11-13-28/h6-9,14-15,20H,10-13,16-18H2,1-5H3/t20-/m0/s1. The highest BCUT2D eigenvalue weighted by molar-refractivity contribution is 5.38. The minimum atomic E-state index is 0.455. The van der Waals surface area contributed by atoms with Crippen molar-refractivity contribution in [3.63, 3.8) is 0 Å². The first kappa shape index (κ1) is 21.0. The van der Waals surface area contributed by atoms with Crippen LogP contribution in [-0.2, 0) is 19.5 Å². The fourth-order valence-electron chi connectivity index (χ4n) is 3.99. The summed E-state index contributed by atoms with van der Waals surface area (Å²) < 4.78 is 0. The van der Waals surface area contributed by atoms with Crippen LogP contribution in [0.15, 0.2) is 36.5 Å². The van der Waals surface area contributed by atoms with E-state index in [4.69, 9.17) is 0 Å². The van der Waals surface area contributed by atoms with Gasteiger partial charge < -0.3 is 4.90 Å². The third kappa shape index (κ3) is 5.63. The van der Waals surface area contributed by atoms with Crippen LogP contribution in [0.3, 0.4) is 0 Å². The van der Waals surface area contributed by atoms with Crippen LogP contribution in [0.4, 0.5) is 0 Å². The molecule has 1 aliphatic heterocycles. The van der Waals surface area contributed by atoms with Crippen LogP contribution in [0, 0.1) is 13.8 Å². The molecule has 1 aromatic heterocycles. The molecular weight excluding hydrogens is 344 g/mol. The molecule has 1 aliphatic rings. The van der Waals surface area contributed by atoms with Crippen molar-refractivity contribution in [2.24, 2.45) is 0 Å². The molecule has 0 aliphatic carbocycles. The smallest absolute Gasteiger partial charge is 0.0419 e. The lowest BCUT2D eigenvalue weighted by atomic mass is 9.97. The topological polar surface area (TPSA) is 22.6 Å².